The first-order chi connectivity index (χ1) is 11.1. The Bertz CT molecular complexity index is 756. The molecule has 1 heterocycles. The van der Waals surface area contributed by atoms with E-state index in [-0.39, 0.29) is 17.8 Å². The molecule has 0 unspecified atom stereocenters. The van der Waals surface area contributed by atoms with Crippen molar-refractivity contribution in [3.05, 3.63) is 65.5 Å². The van der Waals surface area contributed by atoms with E-state index >= 15 is 0 Å². The van der Waals surface area contributed by atoms with E-state index in [1.165, 1.54) is 24.1 Å². The number of methoxy groups -OCH3 is 1. The molecule has 23 heavy (non-hydrogen) atoms. The Morgan fingerprint density at radius 3 is 2.57 bits per heavy atom. The number of carbonyl (C=O) groups excluding carboxylic acids is 1. The number of halogens is 1. The summed E-state index contributed by atoms with van der Waals surface area (Å²) in [6.07, 6.45) is 0.561. The molecule has 118 valence electrons. The first kappa shape index (κ1) is 15.2. The van der Waals surface area contributed by atoms with Crippen molar-refractivity contribution in [3.63, 3.8) is 0 Å². The van der Waals surface area contributed by atoms with Crippen LogP contribution in [0.15, 0.2) is 53.6 Å². The number of nitrogens with zero attached hydrogens (tertiary/aromatic N) is 2. The zero-order chi connectivity index (χ0) is 16.4. The van der Waals surface area contributed by atoms with Gasteiger partial charge in [0, 0.05) is 18.9 Å². The zero-order valence-corrected chi connectivity index (χ0v) is 13.0. The number of hydrogen-bond donors (Lipinski definition) is 0. The monoisotopic (exact) mass is 312 g/mol. The lowest BCUT2D eigenvalue weighted by Gasteiger charge is -2.20. The highest BCUT2D eigenvalue weighted by molar-refractivity contribution is 6.05. The van der Waals surface area contributed by atoms with Gasteiger partial charge in [-0.25, -0.2) is 9.40 Å². The van der Waals surface area contributed by atoms with Gasteiger partial charge in [-0.3, -0.25) is 4.79 Å². The van der Waals surface area contributed by atoms with E-state index < -0.39 is 0 Å². The lowest BCUT2D eigenvalue weighted by Crippen LogP contribution is -2.24. The van der Waals surface area contributed by atoms with Crippen molar-refractivity contribution < 1.29 is 13.9 Å². The maximum atomic E-state index is 13.1. The van der Waals surface area contributed by atoms with Crippen molar-refractivity contribution in [2.24, 2.45) is 5.10 Å². The molecule has 0 N–H and O–H groups in total. The summed E-state index contributed by atoms with van der Waals surface area (Å²) in [7, 11) is 1.61. The number of ether oxygens (including phenoxy) is 1. The van der Waals surface area contributed by atoms with Gasteiger partial charge in [0.15, 0.2) is 0 Å². The Morgan fingerprint density at radius 2 is 1.91 bits per heavy atom. The van der Waals surface area contributed by atoms with Crippen LogP contribution in [0.4, 0.5) is 4.39 Å². The molecule has 0 fully saturated rings. The van der Waals surface area contributed by atoms with Crippen molar-refractivity contribution in [2.45, 2.75) is 19.4 Å². The van der Waals surface area contributed by atoms with Gasteiger partial charge in [0.05, 0.1) is 18.9 Å². The minimum Gasteiger partial charge on any atom is -0.496 e. The van der Waals surface area contributed by atoms with Crippen LogP contribution in [-0.4, -0.2) is 23.7 Å². The van der Waals surface area contributed by atoms with Gasteiger partial charge in [-0.15, -0.1) is 0 Å². The first-order valence-electron chi connectivity index (χ1n) is 7.36. The summed E-state index contributed by atoms with van der Waals surface area (Å²) in [5.41, 5.74) is 2.51. The second-order valence-electron chi connectivity index (χ2n) is 5.38. The largest absolute Gasteiger partial charge is 0.496 e. The molecule has 1 aliphatic rings. The zero-order valence-electron chi connectivity index (χ0n) is 13.0. The number of para-hydroxylation sites is 1. The minimum absolute atomic E-state index is 0.149. The van der Waals surface area contributed by atoms with Gasteiger partial charge in [0.1, 0.15) is 11.6 Å². The third-order valence-corrected chi connectivity index (χ3v) is 3.91. The van der Waals surface area contributed by atoms with Crippen LogP contribution in [0.1, 0.15) is 30.5 Å². The summed E-state index contributed by atoms with van der Waals surface area (Å²) < 4.78 is 18.5. The van der Waals surface area contributed by atoms with E-state index in [0.29, 0.717) is 6.42 Å². The van der Waals surface area contributed by atoms with Gasteiger partial charge in [-0.2, -0.15) is 5.10 Å². The number of hydrogen-bond acceptors (Lipinski definition) is 3. The van der Waals surface area contributed by atoms with E-state index in [0.717, 1.165) is 22.6 Å². The molecule has 0 spiro atoms. The second kappa shape index (κ2) is 6.20. The fourth-order valence-electron chi connectivity index (χ4n) is 2.79. The van der Waals surface area contributed by atoms with Crippen LogP contribution in [0.5, 0.6) is 5.75 Å². The number of carbonyl (C=O) groups is 1. The van der Waals surface area contributed by atoms with Crippen LogP contribution < -0.4 is 4.74 Å². The van der Waals surface area contributed by atoms with Crippen LogP contribution in [0.2, 0.25) is 0 Å². The van der Waals surface area contributed by atoms with Crippen molar-refractivity contribution in [3.8, 4) is 5.75 Å². The fourth-order valence-corrected chi connectivity index (χ4v) is 2.79. The Balaban J connectivity index is 1.97. The summed E-state index contributed by atoms with van der Waals surface area (Å²) in [6.45, 7) is 1.48. The second-order valence-corrected chi connectivity index (χ2v) is 5.38. The molecule has 0 bridgehead atoms. The summed E-state index contributed by atoms with van der Waals surface area (Å²) in [5, 5.41) is 5.93. The van der Waals surface area contributed by atoms with Crippen molar-refractivity contribution in [1.29, 1.82) is 0 Å². The van der Waals surface area contributed by atoms with Gasteiger partial charge in [0.25, 0.3) is 0 Å². The molecule has 0 saturated carbocycles. The van der Waals surface area contributed by atoms with E-state index in [9.17, 15) is 9.18 Å². The van der Waals surface area contributed by atoms with E-state index in [1.54, 1.807) is 19.2 Å². The molecule has 0 radical (unpaired) electrons. The molecule has 1 aliphatic heterocycles. The lowest BCUT2D eigenvalue weighted by atomic mass is 9.98. The van der Waals surface area contributed by atoms with Crippen LogP contribution in [0, 0.1) is 5.82 Å². The Labute approximate surface area is 134 Å². The topological polar surface area (TPSA) is 41.9 Å². The Kier molecular flexibility index (Phi) is 4.10. The third kappa shape index (κ3) is 2.95. The quantitative estimate of drug-likeness (QED) is 0.870. The van der Waals surface area contributed by atoms with Crippen LogP contribution >= 0.6 is 0 Å². The molecule has 1 atom stereocenters. The SMILES string of the molecule is COc1ccccc1C1=NN(C(C)=O)[C@H](c2ccc(F)cc2)C1. The minimum atomic E-state index is -0.299. The van der Waals surface area contributed by atoms with Crippen molar-refractivity contribution in [2.75, 3.05) is 7.11 Å². The Hall–Kier alpha value is -2.69. The molecule has 4 nitrogen and oxygen atoms in total. The maximum absolute atomic E-state index is 13.1. The maximum Gasteiger partial charge on any atom is 0.240 e. The summed E-state index contributed by atoms with van der Waals surface area (Å²) in [5.74, 6) is 0.269. The highest BCUT2D eigenvalue weighted by Crippen LogP contribution is 2.34. The molecular formula is C18H17FN2O2. The number of amides is 1. The predicted octanol–water partition coefficient (Wildman–Crippen LogP) is 3.53. The summed E-state index contributed by atoms with van der Waals surface area (Å²) in [6, 6.07) is 13.5. The number of rotatable bonds is 3. The van der Waals surface area contributed by atoms with Gasteiger partial charge in [0.2, 0.25) is 5.91 Å². The van der Waals surface area contributed by atoms with Crippen LogP contribution in [0.25, 0.3) is 0 Å². The molecule has 0 aliphatic carbocycles. The number of benzene rings is 2. The fraction of sp³-hybridized carbons (Fsp3) is 0.222. The van der Waals surface area contributed by atoms with E-state index in [4.69, 9.17) is 4.74 Å². The van der Waals surface area contributed by atoms with Gasteiger partial charge in [-0.05, 0) is 29.8 Å². The standard InChI is InChI=1S/C18H17FN2O2/c1-12(22)21-17(13-7-9-14(19)10-8-13)11-16(20-21)15-5-3-4-6-18(15)23-2/h3-10,17H,11H2,1-2H3/t17-/m0/s1. The lowest BCUT2D eigenvalue weighted by molar-refractivity contribution is -0.130. The van der Waals surface area contributed by atoms with Crippen LogP contribution in [0.3, 0.4) is 0 Å². The number of hydrazone groups is 1. The van der Waals surface area contributed by atoms with Crippen molar-refractivity contribution >= 4 is 11.6 Å². The van der Waals surface area contributed by atoms with Gasteiger partial charge in [-0.1, -0.05) is 24.3 Å². The molecular weight excluding hydrogens is 295 g/mol. The first-order valence-corrected chi connectivity index (χ1v) is 7.36. The van der Waals surface area contributed by atoms with Crippen molar-refractivity contribution in [1.82, 2.24) is 5.01 Å². The third-order valence-electron chi connectivity index (χ3n) is 3.91. The smallest absolute Gasteiger partial charge is 0.240 e. The highest BCUT2D eigenvalue weighted by Gasteiger charge is 2.32. The van der Waals surface area contributed by atoms with Gasteiger partial charge < -0.3 is 4.74 Å². The summed E-state index contributed by atoms with van der Waals surface area (Å²) >= 11 is 0. The Morgan fingerprint density at radius 1 is 1.22 bits per heavy atom. The average Bonchev–Trinajstić information content (AvgIpc) is 3.01. The van der Waals surface area contributed by atoms with Crippen LogP contribution in [-0.2, 0) is 4.79 Å². The van der Waals surface area contributed by atoms with E-state index in [1.807, 2.05) is 24.3 Å². The molecule has 5 heteroatoms. The predicted molar refractivity (Wildman–Crippen MR) is 85.8 cm³/mol. The molecule has 0 aromatic heterocycles. The van der Waals surface area contributed by atoms with Gasteiger partial charge >= 0.3 is 0 Å². The van der Waals surface area contributed by atoms with E-state index in [2.05, 4.69) is 5.10 Å². The molecule has 0 saturated heterocycles. The normalized spacial score (nSPS) is 17.1. The molecule has 1 amide bonds. The average molecular weight is 312 g/mol. The highest BCUT2D eigenvalue weighted by atomic mass is 19.1. The molecule has 2 aromatic carbocycles. The molecule has 3 rings (SSSR count). The molecule has 2 aromatic rings. The summed E-state index contributed by atoms with van der Waals surface area (Å²) in [4.78, 5) is 11.9.